The molecule has 20 heavy (non-hydrogen) atoms. The first kappa shape index (κ1) is 18.7. The van der Waals surface area contributed by atoms with E-state index in [0.29, 0.717) is 12.3 Å². The molecule has 1 rings (SSSR count). The minimum atomic E-state index is -0.549. The van der Waals surface area contributed by atoms with Gasteiger partial charge in [0.05, 0.1) is 5.54 Å². The van der Waals surface area contributed by atoms with Crippen molar-refractivity contribution in [1.29, 1.82) is 0 Å². The number of para-hydroxylation sites is 1. The van der Waals surface area contributed by atoms with Gasteiger partial charge in [0.1, 0.15) is 5.75 Å². The van der Waals surface area contributed by atoms with Gasteiger partial charge >= 0.3 is 0 Å². The molecule has 0 aliphatic rings. The Bertz CT molecular complexity index is 412. The van der Waals surface area contributed by atoms with E-state index in [9.17, 15) is 4.79 Å². The summed E-state index contributed by atoms with van der Waals surface area (Å²) in [6, 6.07) is 9.31. The number of nitrogens with two attached hydrogens (primary N) is 1. The van der Waals surface area contributed by atoms with Crippen LogP contribution in [0.15, 0.2) is 30.3 Å². The molecule has 1 aromatic rings. The number of amides is 1. The smallest absolute Gasteiger partial charge is 0.261 e. The van der Waals surface area contributed by atoms with E-state index in [2.05, 4.69) is 5.32 Å². The van der Waals surface area contributed by atoms with Gasteiger partial charge in [-0.1, -0.05) is 32.0 Å². The summed E-state index contributed by atoms with van der Waals surface area (Å²) < 4.78 is 5.59. The van der Waals surface area contributed by atoms with Crippen LogP contribution in [0.5, 0.6) is 5.75 Å². The summed E-state index contributed by atoms with van der Waals surface area (Å²) in [7, 11) is 0. The summed E-state index contributed by atoms with van der Waals surface area (Å²) in [6.07, 6.45) is -0.549. The Morgan fingerprint density at radius 1 is 1.30 bits per heavy atom. The molecule has 3 N–H and O–H groups in total. The monoisotopic (exact) mass is 300 g/mol. The second kappa shape index (κ2) is 8.12. The summed E-state index contributed by atoms with van der Waals surface area (Å²) in [4.78, 5) is 12.1. The second-order valence-corrected chi connectivity index (χ2v) is 5.34. The van der Waals surface area contributed by atoms with Crippen molar-refractivity contribution in [1.82, 2.24) is 5.32 Å². The third-order valence-corrected chi connectivity index (χ3v) is 3.53. The lowest BCUT2D eigenvalue weighted by Crippen LogP contribution is -2.57. The van der Waals surface area contributed by atoms with Gasteiger partial charge in [-0.25, -0.2) is 0 Å². The van der Waals surface area contributed by atoms with Crippen LogP contribution in [0, 0.1) is 5.92 Å². The Morgan fingerprint density at radius 2 is 1.85 bits per heavy atom. The molecule has 114 valence electrons. The fraction of sp³-hybridized carbons (Fsp3) is 0.533. The molecule has 0 saturated heterocycles. The van der Waals surface area contributed by atoms with Crippen molar-refractivity contribution in [3.63, 3.8) is 0 Å². The number of benzene rings is 1. The molecule has 2 atom stereocenters. The van der Waals surface area contributed by atoms with Crippen LogP contribution in [0.3, 0.4) is 0 Å². The van der Waals surface area contributed by atoms with E-state index in [4.69, 9.17) is 10.5 Å². The van der Waals surface area contributed by atoms with Crippen molar-refractivity contribution in [2.45, 2.75) is 39.3 Å². The minimum Gasteiger partial charge on any atom is -0.481 e. The van der Waals surface area contributed by atoms with Crippen molar-refractivity contribution in [3.8, 4) is 5.75 Å². The van der Waals surface area contributed by atoms with Gasteiger partial charge in [0.15, 0.2) is 6.10 Å². The van der Waals surface area contributed by atoms with Crippen LogP contribution in [0.1, 0.15) is 27.7 Å². The Balaban J connectivity index is 0.00000361. The lowest BCUT2D eigenvalue weighted by Gasteiger charge is -2.34. The number of carbonyl (C=O) groups is 1. The molecule has 5 heteroatoms. The fourth-order valence-corrected chi connectivity index (χ4v) is 1.57. The minimum absolute atomic E-state index is 0. The molecule has 0 heterocycles. The predicted molar refractivity (Wildman–Crippen MR) is 84.2 cm³/mol. The third-order valence-electron chi connectivity index (χ3n) is 3.53. The number of nitrogens with one attached hydrogen (secondary N) is 1. The highest BCUT2D eigenvalue weighted by Gasteiger charge is 2.30. The highest BCUT2D eigenvalue weighted by atomic mass is 35.5. The van der Waals surface area contributed by atoms with Gasteiger partial charge in [0, 0.05) is 6.54 Å². The molecule has 0 spiro atoms. The van der Waals surface area contributed by atoms with Crippen molar-refractivity contribution >= 4 is 18.3 Å². The molecule has 0 fully saturated rings. The van der Waals surface area contributed by atoms with E-state index in [0.717, 1.165) is 0 Å². The van der Waals surface area contributed by atoms with Crippen LogP contribution in [-0.4, -0.2) is 24.1 Å². The summed E-state index contributed by atoms with van der Waals surface area (Å²) >= 11 is 0. The van der Waals surface area contributed by atoms with Crippen LogP contribution in [0.25, 0.3) is 0 Å². The Hall–Kier alpha value is -1.26. The normalized spacial score (nSPS) is 14.9. The lowest BCUT2D eigenvalue weighted by atomic mass is 9.88. The zero-order valence-electron chi connectivity index (χ0n) is 12.6. The molecule has 0 aliphatic carbocycles. The maximum Gasteiger partial charge on any atom is 0.261 e. The quantitative estimate of drug-likeness (QED) is 0.848. The molecule has 2 unspecified atom stereocenters. The van der Waals surface area contributed by atoms with Crippen LogP contribution in [0.4, 0.5) is 0 Å². The topological polar surface area (TPSA) is 64.3 Å². The lowest BCUT2D eigenvalue weighted by molar-refractivity contribution is -0.129. The molecular weight excluding hydrogens is 276 g/mol. The van der Waals surface area contributed by atoms with Gasteiger partial charge in [0.25, 0.3) is 5.91 Å². The first-order chi connectivity index (χ1) is 8.89. The molecule has 4 nitrogen and oxygen atoms in total. The van der Waals surface area contributed by atoms with Crippen LogP contribution < -0.4 is 15.8 Å². The Morgan fingerprint density at radius 3 is 2.30 bits per heavy atom. The number of rotatable bonds is 6. The standard InChI is InChI=1S/C15H24N2O2.ClH/c1-11(2)15(4,10-16)17-14(18)12(3)19-13-8-6-5-7-9-13;/h5-9,11-12H,10,16H2,1-4H3,(H,17,18);1H. The summed E-state index contributed by atoms with van der Waals surface area (Å²) in [5.74, 6) is 0.792. The maximum atomic E-state index is 12.1. The summed E-state index contributed by atoms with van der Waals surface area (Å²) in [6.45, 7) is 8.16. The van der Waals surface area contributed by atoms with Crippen LogP contribution in [0.2, 0.25) is 0 Å². The van der Waals surface area contributed by atoms with Gasteiger partial charge in [-0.3, -0.25) is 4.79 Å². The number of ether oxygens (including phenoxy) is 1. The Kier molecular flexibility index (Phi) is 7.61. The van der Waals surface area contributed by atoms with Gasteiger partial charge in [0.2, 0.25) is 0 Å². The van der Waals surface area contributed by atoms with E-state index < -0.39 is 11.6 Å². The molecule has 1 amide bonds. The van der Waals surface area contributed by atoms with Crippen molar-refractivity contribution in [2.75, 3.05) is 6.54 Å². The van der Waals surface area contributed by atoms with E-state index in [1.165, 1.54) is 0 Å². The molecule has 1 aromatic carbocycles. The first-order valence-electron chi connectivity index (χ1n) is 6.63. The SMILES string of the molecule is CC(Oc1ccccc1)C(=O)NC(C)(CN)C(C)C.Cl. The fourth-order valence-electron chi connectivity index (χ4n) is 1.57. The van der Waals surface area contributed by atoms with E-state index in [1.807, 2.05) is 51.1 Å². The highest BCUT2D eigenvalue weighted by Crippen LogP contribution is 2.16. The van der Waals surface area contributed by atoms with Crippen LogP contribution >= 0.6 is 12.4 Å². The van der Waals surface area contributed by atoms with E-state index in [-0.39, 0.29) is 24.2 Å². The summed E-state index contributed by atoms with van der Waals surface area (Å²) in [5.41, 5.74) is 5.34. The van der Waals surface area contributed by atoms with Gasteiger partial charge < -0.3 is 15.8 Å². The first-order valence-corrected chi connectivity index (χ1v) is 6.63. The molecular formula is C15H25ClN2O2. The average Bonchev–Trinajstić information content (AvgIpc) is 2.39. The third kappa shape index (κ3) is 5.02. The zero-order chi connectivity index (χ0) is 14.5. The molecule has 0 aliphatic heterocycles. The maximum absolute atomic E-state index is 12.1. The Labute approximate surface area is 127 Å². The largest absolute Gasteiger partial charge is 0.481 e. The molecule has 0 saturated carbocycles. The van der Waals surface area contributed by atoms with Crippen molar-refractivity contribution in [3.05, 3.63) is 30.3 Å². The summed E-state index contributed by atoms with van der Waals surface area (Å²) in [5, 5.41) is 2.97. The van der Waals surface area contributed by atoms with Gasteiger partial charge in [-0.15, -0.1) is 12.4 Å². The number of hydrogen-bond donors (Lipinski definition) is 2. The molecule has 0 aromatic heterocycles. The van der Waals surface area contributed by atoms with E-state index >= 15 is 0 Å². The average molecular weight is 301 g/mol. The number of carbonyl (C=O) groups excluding carboxylic acids is 1. The highest BCUT2D eigenvalue weighted by molar-refractivity contribution is 5.85. The van der Waals surface area contributed by atoms with Gasteiger partial charge in [-0.05, 0) is 31.9 Å². The van der Waals surface area contributed by atoms with Crippen molar-refractivity contribution in [2.24, 2.45) is 11.7 Å². The predicted octanol–water partition coefficient (Wildman–Crippen LogP) is 2.37. The van der Waals surface area contributed by atoms with E-state index in [1.54, 1.807) is 6.92 Å². The van der Waals surface area contributed by atoms with Crippen LogP contribution in [-0.2, 0) is 4.79 Å². The second-order valence-electron chi connectivity index (χ2n) is 5.34. The molecule has 0 radical (unpaired) electrons. The number of hydrogen-bond acceptors (Lipinski definition) is 3. The molecule has 0 bridgehead atoms. The van der Waals surface area contributed by atoms with Crippen molar-refractivity contribution < 1.29 is 9.53 Å². The van der Waals surface area contributed by atoms with Gasteiger partial charge in [-0.2, -0.15) is 0 Å². The number of halogens is 1. The zero-order valence-corrected chi connectivity index (χ0v) is 13.4.